The van der Waals surface area contributed by atoms with E-state index in [1.165, 1.54) is 36.1 Å². The van der Waals surface area contributed by atoms with Gasteiger partial charge in [0.1, 0.15) is 0 Å². The van der Waals surface area contributed by atoms with Gasteiger partial charge in [0.25, 0.3) is 0 Å². The van der Waals surface area contributed by atoms with Crippen molar-refractivity contribution in [2.24, 2.45) is 5.92 Å². The zero-order valence-corrected chi connectivity index (χ0v) is 13.4. The van der Waals surface area contributed by atoms with Crippen LogP contribution < -0.4 is 4.90 Å². The Kier molecular flexibility index (Phi) is 3.94. The van der Waals surface area contributed by atoms with Crippen molar-refractivity contribution < 1.29 is 4.90 Å². The first-order chi connectivity index (χ1) is 9.13. The first kappa shape index (κ1) is 13.6. The molecule has 2 heterocycles. The van der Waals surface area contributed by atoms with Gasteiger partial charge < -0.3 is 4.90 Å². The van der Waals surface area contributed by atoms with Crippen LogP contribution in [0.4, 0.5) is 0 Å². The van der Waals surface area contributed by atoms with Crippen LogP contribution in [0.15, 0.2) is 18.2 Å². The number of thiazole rings is 1. The predicted molar refractivity (Wildman–Crippen MR) is 84.8 cm³/mol. The number of nitrogens with one attached hydrogen (secondary N) is 1. The Hall–Kier alpha value is -0.420. The Balaban J connectivity index is 1.93. The third-order valence-corrected chi connectivity index (χ3v) is 5.54. The van der Waals surface area contributed by atoms with Crippen LogP contribution in [0.5, 0.6) is 0 Å². The van der Waals surface area contributed by atoms with Gasteiger partial charge in [-0.3, -0.25) is 4.57 Å². The molecule has 1 aromatic heterocycles. The van der Waals surface area contributed by atoms with Gasteiger partial charge >= 0.3 is 0 Å². The van der Waals surface area contributed by atoms with Crippen molar-refractivity contribution in [3.05, 3.63) is 27.2 Å². The minimum Gasteiger partial charge on any atom is -0.317 e. The summed E-state index contributed by atoms with van der Waals surface area (Å²) in [7, 11) is 0. The summed E-state index contributed by atoms with van der Waals surface area (Å²) in [6, 6.07) is 6.05. The summed E-state index contributed by atoms with van der Waals surface area (Å²) in [5.41, 5.74) is 1.19. The molecule has 19 heavy (non-hydrogen) atoms. The van der Waals surface area contributed by atoms with E-state index in [2.05, 4.69) is 17.6 Å². The number of likely N-dealkylation sites (tertiary alicyclic amines) is 1. The molecule has 1 saturated heterocycles. The van der Waals surface area contributed by atoms with Crippen molar-refractivity contribution in [3.8, 4) is 0 Å². The summed E-state index contributed by atoms with van der Waals surface area (Å²) < 4.78 is 4.45. The molecule has 1 aliphatic rings. The molecule has 0 spiro atoms. The Morgan fingerprint density at radius 3 is 3.16 bits per heavy atom. The summed E-state index contributed by atoms with van der Waals surface area (Å²) >= 11 is 13.3. The van der Waals surface area contributed by atoms with Gasteiger partial charge in [-0.15, -0.1) is 11.3 Å². The van der Waals surface area contributed by atoms with Gasteiger partial charge in [0.15, 0.2) is 10.6 Å². The number of benzene rings is 1. The first-order valence-corrected chi connectivity index (χ1v) is 8.36. The molecule has 1 aliphatic heterocycles. The molecule has 1 fully saturated rings. The predicted octanol–water partition coefficient (Wildman–Crippen LogP) is 3.36. The van der Waals surface area contributed by atoms with Gasteiger partial charge in [0, 0.05) is 10.9 Å². The molecule has 102 valence electrons. The molecule has 1 N–H and O–H groups in total. The van der Waals surface area contributed by atoms with Crippen LogP contribution in [-0.2, 0) is 6.67 Å². The Morgan fingerprint density at radius 1 is 1.53 bits per heavy atom. The largest absolute Gasteiger partial charge is 0.317 e. The van der Waals surface area contributed by atoms with Crippen molar-refractivity contribution in [1.82, 2.24) is 4.57 Å². The number of hydrogen-bond donors (Lipinski definition) is 1. The van der Waals surface area contributed by atoms with E-state index in [9.17, 15) is 0 Å². The third kappa shape index (κ3) is 2.87. The number of halogens is 1. The number of hydrogen-bond acceptors (Lipinski definition) is 2. The van der Waals surface area contributed by atoms with Gasteiger partial charge in [-0.25, -0.2) is 0 Å². The lowest BCUT2D eigenvalue weighted by molar-refractivity contribution is -0.930. The van der Waals surface area contributed by atoms with Crippen LogP contribution >= 0.6 is 35.2 Å². The molecular weight excluding hydrogens is 296 g/mol. The third-order valence-electron chi connectivity index (χ3n) is 3.88. The highest BCUT2D eigenvalue weighted by Gasteiger charge is 2.20. The quantitative estimate of drug-likeness (QED) is 0.837. The van der Waals surface area contributed by atoms with Crippen LogP contribution in [0.2, 0.25) is 5.02 Å². The fraction of sp³-hybridized carbons (Fsp3) is 0.500. The van der Waals surface area contributed by atoms with E-state index in [1.807, 2.05) is 12.1 Å². The molecule has 2 nitrogen and oxygen atoms in total. The van der Waals surface area contributed by atoms with Crippen LogP contribution in [0, 0.1) is 9.87 Å². The summed E-state index contributed by atoms with van der Waals surface area (Å²) in [4.78, 5) is 1.63. The molecule has 1 aromatic carbocycles. The normalized spacial score (nSPS) is 23.9. The van der Waals surface area contributed by atoms with E-state index in [4.69, 9.17) is 23.8 Å². The smallest absolute Gasteiger partial charge is 0.166 e. The van der Waals surface area contributed by atoms with E-state index in [0.717, 1.165) is 21.6 Å². The minimum absolute atomic E-state index is 0.788. The monoisotopic (exact) mass is 313 g/mol. The Morgan fingerprint density at radius 2 is 2.37 bits per heavy atom. The molecule has 5 heteroatoms. The molecule has 1 unspecified atom stereocenters. The number of fused-ring (bicyclic) bond motifs is 1. The zero-order valence-electron chi connectivity index (χ0n) is 11.0. The lowest BCUT2D eigenvalue weighted by Crippen LogP contribution is -3.12. The average Bonchev–Trinajstić information content (AvgIpc) is 2.66. The number of piperidine rings is 1. The van der Waals surface area contributed by atoms with Crippen molar-refractivity contribution in [2.75, 3.05) is 13.1 Å². The standard InChI is InChI=1S/C14H17ClN2S2/c1-10-3-2-6-16(8-10)9-17-12-7-11(15)4-5-13(12)19-14(17)18/h4-5,7,10H,2-3,6,8-9H2,1H3/p+1/t10-/m1/s1. The number of quaternary nitrogens is 1. The second-order valence-corrected chi connectivity index (χ2v) is 7.63. The number of aromatic nitrogens is 1. The lowest BCUT2D eigenvalue weighted by atomic mass is 10.0. The molecule has 0 aliphatic carbocycles. The summed E-state index contributed by atoms with van der Waals surface area (Å²) in [6.45, 7) is 5.83. The number of rotatable bonds is 2. The topological polar surface area (TPSA) is 9.37 Å². The SMILES string of the molecule is C[C@@H]1CCC[NH+](Cn2c(=S)sc3ccc(Cl)cc32)C1. The highest BCUT2D eigenvalue weighted by atomic mass is 35.5. The molecule has 0 bridgehead atoms. The molecule has 2 atom stereocenters. The molecule has 0 saturated carbocycles. The van der Waals surface area contributed by atoms with Crippen molar-refractivity contribution in [2.45, 2.75) is 26.4 Å². The maximum Gasteiger partial charge on any atom is 0.166 e. The molecular formula is C14H18ClN2S2+. The minimum atomic E-state index is 0.788. The van der Waals surface area contributed by atoms with Gasteiger partial charge in [-0.2, -0.15) is 0 Å². The fourth-order valence-corrected chi connectivity index (χ4v) is 4.42. The van der Waals surface area contributed by atoms with Crippen molar-refractivity contribution >= 4 is 45.4 Å². The Bertz CT molecular complexity index is 646. The van der Waals surface area contributed by atoms with E-state index in [1.54, 1.807) is 16.2 Å². The average molecular weight is 314 g/mol. The fourth-order valence-electron chi connectivity index (χ4n) is 2.95. The van der Waals surface area contributed by atoms with Gasteiger partial charge in [-0.1, -0.05) is 18.5 Å². The van der Waals surface area contributed by atoms with E-state index in [-0.39, 0.29) is 0 Å². The summed E-state index contributed by atoms with van der Waals surface area (Å²) in [5.74, 6) is 0.825. The molecule has 0 radical (unpaired) electrons. The van der Waals surface area contributed by atoms with Gasteiger partial charge in [0.05, 0.1) is 23.3 Å². The van der Waals surface area contributed by atoms with Crippen molar-refractivity contribution in [3.63, 3.8) is 0 Å². The highest BCUT2D eigenvalue weighted by Crippen LogP contribution is 2.25. The maximum atomic E-state index is 6.12. The molecule has 3 rings (SSSR count). The highest BCUT2D eigenvalue weighted by molar-refractivity contribution is 7.73. The van der Waals surface area contributed by atoms with Crippen LogP contribution in [0.25, 0.3) is 10.2 Å². The first-order valence-electron chi connectivity index (χ1n) is 6.76. The zero-order chi connectivity index (χ0) is 13.4. The van der Waals surface area contributed by atoms with Gasteiger partial charge in [-0.05, 0) is 43.3 Å². The molecule has 2 aromatic rings. The van der Waals surface area contributed by atoms with Crippen molar-refractivity contribution in [1.29, 1.82) is 0 Å². The summed E-state index contributed by atoms with van der Waals surface area (Å²) in [6.07, 6.45) is 2.69. The maximum absolute atomic E-state index is 6.12. The van der Waals surface area contributed by atoms with Gasteiger partial charge in [0.2, 0.25) is 0 Å². The van der Waals surface area contributed by atoms with E-state index < -0.39 is 0 Å². The van der Waals surface area contributed by atoms with E-state index in [0.29, 0.717) is 0 Å². The second kappa shape index (κ2) is 5.52. The van der Waals surface area contributed by atoms with Crippen LogP contribution in [-0.4, -0.2) is 17.7 Å². The van der Waals surface area contributed by atoms with Crippen LogP contribution in [0.1, 0.15) is 19.8 Å². The lowest BCUT2D eigenvalue weighted by Gasteiger charge is -2.28. The summed E-state index contributed by atoms with van der Waals surface area (Å²) in [5, 5.41) is 0.788. The Labute approximate surface area is 127 Å². The molecule has 0 amide bonds. The number of nitrogens with zero attached hydrogens (tertiary/aromatic N) is 1. The second-order valence-electron chi connectivity index (χ2n) is 5.52. The van der Waals surface area contributed by atoms with Crippen LogP contribution in [0.3, 0.4) is 0 Å². The van der Waals surface area contributed by atoms with E-state index >= 15 is 0 Å².